The van der Waals surface area contributed by atoms with Crippen LogP contribution in [0, 0.1) is 5.92 Å². The van der Waals surface area contributed by atoms with Gasteiger partial charge in [0.2, 0.25) is 0 Å². The van der Waals surface area contributed by atoms with Crippen molar-refractivity contribution in [1.82, 2.24) is 9.97 Å². The Bertz CT molecular complexity index is 424. The molecule has 0 bridgehead atoms. The maximum Gasteiger partial charge on any atom is 0.158 e. The third-order valence-electron chi connectivity index (χ3n) is 3.76. The van der Waals surface area contributed by atoms with Crippen LogP contribution in [-0.2, 0) is 11.3 Å². The Kier molecular flexibility index (Phi) is 5.59. The lowest BCUT2D eigenvalue weighted by Crippen LogP contribution is -2.22. The van der Waals surface area contributed by atoms with Crippen LogP contribution in [0.1, 0.15) is 38.9 Å². The summed E-state index contributed by atoms with van der Waals surface area (Å²) >= 11 is 0. The standard InChI is InChI=1S/C15H26N4O/c1-4-6-12-7-8-19(10-12)15-9-13(16-3)17-14(18-15)11-20-5-2/h9,12H,4-8,10-11H2,1-3H3,(H,16,17,18). The first-order valence-corrected chi connectivity index (χ1v) is 7.65. The molecule has 2 heterocycles. The number of ether oxygens (including phenoxy) is 1. The highest BCUT2D eigenvalue weighted by molar-refractivity contribution is 5.49. The molecule has 1 unspecified atom stereocenters. The summed E-state index contributed by atoms with van der Waals surface area (Å²) in [5.74, 6) is 3.46. The number of rotatable bonds is 7. The normalized spacial score (nSPS) is 18.6. The van der Waals surface area contributed by atoms with Crippen molar-refractivity contribution in [3.63, 3.8) is 0 Å². The molecule has 1 fully saturated rings. The Labute approximate surface area is 121 Å². The molecule has 1 saturated heterocycles. The van der Waals surface area contributed by atoms with Gasteiger partial charge in [-0.2, -0.15) is 0 Å². The second-order valence-electron chi connectivity index (χ2n) is 5.30. The van der Waals surface area contributed by atoms with E-state index in [1.54, 1.807) is 0 Å². The first-order valence-electron chi connectivity index (χ1n) is 7.65. The van der Waals surface area contributed by atoms with E-state index in [0.29, 0.717) is 13.2 Å². The Hall–Kier alpha value is -1.36. The molecule has 1 atom stereocenters. The predicted octanol–water partition coefficient (Wildman–Crippen LogP) is 2.68. The maximum absolute atomic E-state index is 5.43. The summed E-state index contributed by atoms with van der Waals surface area (Å²) in [6.45, 7) is 7.61. The quantitative estimate of drug-likeness (QED) is 0.831. The predicted molar refractivity (Wildman–Crippen MR) is 82.1 cm³/mol. The van der Waals surface area contributed by atoms with Crippen molar-refractivity contribution < 1.29 is 4.74 Å². The molecule has 1 aromatic heterocycles. The van der Waals surface area contributed by atoms with Gasteiger partial charge in [-0.05, 0) is 25.7 Å². The van der Waals surface area contributed by atoms with Crippen LogP contribution >= 0.6 is 0 Å². The number of hydrogen-bond acceptors (Lipinski definition) is 5. The summed E-state index contributed by atoms with van der Waals surface area (Å²) in [5.41, 5.74) is 0. The van der Waals surface area contributed by atoms with Gasteiger partial charge in [0.1, 0.15) is 18.2 Å². The molecule has 1 N–H and O–H groups in total. The van der Waals surface area contributed by atoms with Crippen LogP contribution in [-0.4, -0.2) is 36.7 Å². The smallest absolute Gasteiger partial charge is 0.158 e. The highest BCUT2D eigenvalue weighted by Gasteiger charge is 2.23. The van der Waals surface area contributed by atoms with Gasteiger partial charge in [-0.3, -0.25) is 0 Å². The summed E-state index contributed by atoms with van der Waals surface area (Å²) < 4.78 is 5.43. The van der Waals surface area contributed by atoms with Crippen LogP contribution < -0.4 is 10.2 Å². The van der Waals surface area contributed by atoms with Gasteiger partial charge >= 0.3 is 0 Å². The molecule has 5 heteroatoms. The number of nitrogens with zero attached hydrogens (tertiary/aromatic N) is 3. The lowest BCUT2D eigenvalue weighted by Gasteiger charge is -2.19. The Morgan fingerprint density at radius 3 is 2.95 bits per heavy atom. The Morgan fingerprint density at radius 1 is 1.40 bits per heavy atom. The van der Waals surface area contributed by atoms with Gasteiger partial charge in [0.05, 0.1) is 0 Å². The largest absolute Gasteiger partial charge is 0.374 e. The average molecular weight is 278 g/mol. The van der Waals surface area contributed by atoms with Crippen molar-refractivity contribution in [2.75, 3.05) is 37.0 Å². The number of hydrogen-bond donors (Lipinski definition) is 1. The maximum atomic E-state index is 5.43. The van der Waals surface area contributed by atoms with Crippen molar-refractivity contribution in [3.05, 3.63) is 11.9 Å². The first-order chi connectivity index (χ1) is 9.76. The molecular weight excluding hydrogens is 252 g/mol. The SMILES string of the molecule is CCCC1CCN(c2cc(NC)nc(COCC)n2)C1. The monoisotopic (exact) mass is 278 g/mol. The van der Waals surface area contributed by atoms with E-state index < -0.39 is 0 Å². The number of anilines is 2. The van der Waals surface area contributed by atoms with E-state index in [2.05, 4.69) is 27.1 Å². The zero-order valence-corrected chi connectivity index (χ0v) is 12.9. The van der Waals surface area contributed by atoms with Crippen molar-refractivity contribution in [2.45, 2.75) is 39.7 Å². The van der Waals surface area contributed by atoms with Crippen LogP contribution in [0.5, 0.6) is 0 Å². The molecule has 0 aliphatic carbocycles. The lowest BCUT2D eigenvalue weighted by atomic mass is 10.0. The summed E-state index contributed by atoms with van der Waals surface area (Å²) in [5, 5.41) is 3.11. The highest BCUT2D eigenvalue weighted by atomic mass is 16.5. The van der Waals surface area contributed by atoms with E-state index in [4.69, 9.17) is 4.74 Å². The molecule has 1 aromatic rings. The minimum atomic E-state index is 0.477. The fourth-order valence-corrected chi connectivity index (χ4v) is 2.72. The molecule has 112 valence electrons. The minimum absolute atomic E-state index is 0.477. The molecule has 0 radical (unpaired) electrons. The van der Waals surface area contributed by atoms with E-state index in [9.17, 15) is 0 Å². The second-order valence-corrected chi connectivity index (χ2v) is 5.30. The van der Waals surface area contributed by atoms with Gasteiger partial charge in [0, 0.05) is 32.8 Å². The van der Waals surface area contributed by atoms with E-state index >= 15 is 0 Å². The molecule has 1 aliphatic heterocycles. The number of nitrogens with one attached hydrogen (secondary N) is 1. The van der Waals surface area contributed by atoms with Crippen LogP contribution in [0.15, 0.2) is 6.07 Å². The van der Waals surface area contributed by atoms with Gasteiger partial charge in [0.25, 0.3) is 0 Å². The number of aromatic nitrogens is 2. The topological polar surface area (TPSA) is 50.3 Å². The molecule has 0 amide bonds. The Morgan fingerprint density at radius 2 is 2.25 bits per heavy atom. The van der Waals surface area contributed by atoms with Crippen LogP contribution in [0.2, 0.25) is 0 Å². The molecule has 2 rings (SSSR count). The zero-order valence-electron chi connectivity index (χ0n) is 12.9. The molecule has 0 aromatic carbocycles. The third kappa shape index (κ3) is 3.82. The highest BCUT2D eigenvalue weighted by Crippen LogP contribution is 2.26. The van der Waals surface area contributed by atoms with Crippen LogP contribution in [0.3, 0.4) is 0 Å². The molecule has 0 saturated carbocycles. The molecule has 5 nitrogen and oxygen atoms in total. The van der Waals surface area contributed by atoms with E-state index in [1.165, 1.54) is 19.3 Å². The van der Waals surface area contributed by atoms with Gasteiger partial charge in [-0.15, -0.1) is 0 Å². The van der Waals surface area contributed by atoms with Crippen molar-refractivity contribution in [1.29, 1.82) is 0 Å². The lowest BCUT2D eigenvalue weighted by molar-refractivity contribution is 0.128. The van der Waals surface area contributed by atoms with Gasteiger partial charge in [-0.25, -0.2) is 9.97 Å². The molecule has 0 spiro atoms. The summed E-state index contributed by atoms with van der Waals surface area (Å²) in [7, 11) is 1.89. The van der Waals surface area contributed by atoms with E-state index in [-0.39, 0.29) is 0 Å². The fraction of sp³-hybridized carbons (Fsp3) is 0.733. The molecule has 20 heavy (non-hydrogen) atoms. The Balaban J connectivity index is 2.10. The van der Waals surface area contributed by atoms with Crippen molar-refractivity contribution >= 4 is 11.6 Å². The van der Waals surface area contributed by atoms with E-state index in [0.717, 1.165) is 36.5 Å². The van der Waals surface area contributed by atoms with Crippen LogP contribution in [0.4, 0.5) is 11.6 Å². The molecule has 1 aliphatic rings. The van der Waals surface area contributed by atoms with Gasteiger partial charge < -0.3 is 15.0 Å². The summed E-state index contributed by atoms with van der Waals surface area (Å²) in [6, 6.07) is 2.03. The van der Waals surface area contributed by atoms with Crippen LogP contribution in [0.25, 0.3) is 0 Å². The third-order valence-corrected chi connectivity index (χ3v) is 3.76. The zero-order chi connectivity index (χ0) is 14.4. The first kappa shape index (κ1) is 15.0. The second kappa shape index (κ2) is 7.43. The fourth-order valence-electron chi connectivity index (χ4n) is 2.72. The van der Waals surface area contributed by atoms with Crippen molar-refractivity contribution in [2.24, 2.45) is 5.92 Å². The molecular formula is C15H26N4O. The van der Waals surface area contributed by atoms with Crippen molar-refractivity contribution in [3.8, 4) is 0 Å². The summed E-state index contributed by atoms with van der Waals surface area (Å²) in [4.78, 5) is 11.5. The summed E-state index contributed by atoms with van der Waals surface area (Å²) in [6.07, 6.45) is 3.85. The van der Waals surface area contributed by atoms with Gasteiger partial charge in [-0.1, -0.05) is 13.3 Å². The van der Waals surface area contributed by atoms with E-state index in [1.807, 2.05) is 20.0 Å². The van der Waals surface area contributed by atoms with Gasteiger partial charge in [0.15, 0.2) is 5.82 Å². The minimum Gasteiger partial charge on any atom is -0.374 e. The average Bonchev–Trinajstić information content (AvgIpc) is 2.94.